The number of amides is 1. The van der Waals surface area contributed by atoms with Crippen LogP contribution < -0.4 is 10.6 Å². The first-order chi connectivity index (χ1) is 11.8. The van der Waals surface area contributed by atoms with Gasteiger partial charge in [0.2, 0.25) is 0 Å². The van der Waals surface area contributed by atoms with Crippen molar-refractivity contribution in [2.75, 3.05) is 32.8 Å². The first kappa shape index (κ1) is 23.2. The Morgan fingerprint density at radius 1 is 1.12 bits per heavy atom. The van der Waals surface area contributed by atoms with Crippen LogP contribution in [0.25, 0.3) is 0 Å². The summed E-state index contributed by atoms with van der Waals surface area (Å²) in [6, 6.07) is 8.44. The molecule has 2 N–H and O–H groups in total. The Balaban J connectivity index is 0.00000169. The van der Waals surface area contributed by atoms with Crippen molar-refractivity contribution in [3.63, 3.8) is 0 Å². The van der Waals surface area contributed by atoms with Crippen LogP contribution in [0, 0.1) is 0 Å². The van der Waals surface area contributed by atoms with Crippen molar-refractivity contribution in [3.8, 4) is 0 Å². The van der Waals surface area contributed by atoms with Crippen LogP contribution in [0.1, 0.15) is 36.8 Å². The van der Waals surface area contributed by atoms with E-state index in [2.05, 4.69) is 33.7 Å². The number of halogens is 2. The summed E-state index contributed by atoms with van der Waals surface area (Å²) in [5.41, 5.74) is 2.53. The second kappa shape index (κ2) is 12.5. The minimum absolute atomic E-state index is 0. The second-order valence-electron chi connectivity index (χ2n) is 6.74. The van der Waals surface area contributed by atoms with Crippen molar-refractivity contribution in [3.05, 3.63) is 35.4 Å². The normalized spacial score (nSPS) is 21.0. The van der Waals surface area contributed by atoms with Crippen LogP contribution in [-0.4, -0.2) is 49.7 Å². The molecule has 2 aliphatic rings. The molecule has 1 aromatic rings. The van der Waals surface area contributed by atoms with Gasteiger partial charge in [0.15, 0.2) is 0 Å². The molecule has 0 saturated carbocycles. The van der Waals surface area contributed by atoms with Gasteiger partial charge in [-0.15, -0.1) is 24.8 Å². The van der Waals surface area contributed by atoms with Gasteiger partial charge in [0.25, 0.3) is 5.91 Å². The van der Waals surface area contributed by atoms with Gasteiger partial charge in [-0.05, 0) is 37.1 Å². The Kier molecular flexibility index (Phi) is 11.2. The molecule has 148 valence electrons. The van der Waals surface area contributed by atoms with Gasteiger partial charge >= 0.3 is 0 Å². The zero-order chi connectivity index (χ0) is 16.6. The van der Waals surface area contributed by atoms with Crippen molar-refractivity contribution >= 4 is 30.7 Å². The van der Waals surface area contributed by atoms with E-state index in [0.29, 0.717) is 19.7 Å². The van der Waals surface area contributed by atoms with Crippen molar-refractivity contribution in [2.24, 2.45) is 0 Å². The van der Waals surface area contributed by atoms with Gasteiger partial charge in [0.1, 0.15) is 6.10 Å². The zero-order valence-corrected chi connectivity index (χ0v) is 16.9. The number of rotatable bonds is 5. The van der Waals surface area contributed by atoms with Crippen LogP contribution in [-0.2, 0) is 22.6 Å². The monoisotopic (exact) mass is 403 g/mol. The van der Waals surface area contributed by atoms with Gasteiger partial charge in [-0.25, -0.2) is 0 Å². The summed E-state index contributed by atoms with van der Waals surface area (Å²) >= 11 is 0. The van der Waals surface area contributed by atoms with Crippen LogP contribution in [0.2, 0.25) is 0 Å². The first-order valence-electron chi connectivity index (χ1n) is 9.22. The number of likely N-dealkylation sites (tertiary alicyclic amines) is 1. The highest BCUT2D eigenvalue weighted by Gasteiger charge is 2.21. The third-order valence-corrected chi connectivity index (χ3v) is 4.88. The van der Waals surface area contributed by atoms with E-state index in [1.807, 2.05) is 6.07 Å². The molecule has 1 atom stereocenters. The fourth-order valence-electron chi connectivity index (χ4n) is 3.45. The lowest BCUT2D eigenvalue weighted by atomic mass is 10.1. The van der Waals surface area contributed by atoms with Gasteiger partial charge in [-0.3, -0.25) is 9.69 Å². The minimum Gasteiger partial charge on any atom is -0.366 e. The molecule has 26 heavy (non-hydrogen) atoms. The third kappa shape index (κ3) is 7.05. The smallest absolute Gasteiger partial charge is 0.250 e. The molecule has 1 amide bonds. The molecule has 1 unspecified atom stereocenters. The lowest BCUT2D eigenvalue weighted by Crippen LogP contribution is -2.47. The van der Waals surface area contributed by atoms with Crippen LogP contribution in [0.5, 0.6) is 0 Å². The highest BCUT2D eigenvalue weighted by atomic mass is 35.5. The lowest BCUT2D eigenvalue weighted by molar-refractivity contribution is -0.134. The molecule has 3 rings (SSSR count). The van der Waals surface area contributed by atoms with Crippen molar-refractivity contribution in [2.45, 2.75) is 44.9 Å². The maximum atomic E-state index is 12.2. The van der Waals surface area contributed by atoms with Crippen molar-refractivity contribution < 1.29 is 9.53 Å². The lowest BCUT2D eigenvalue weighted by Gasteiger charge is -2.24. The molecule has 0 bridgehead atoms. The summed E-state index contributed by atoms with van der Waals surface area (Å²) in [4.78, 5) is 14.8. The van der Waals surface area contributed by atoms with E-state index in [1.165, 1.54) is 49.9 Å². The largest absolute Gasteiger partial charge is 0.366 e. The molecule has 0 radical (unpaired) electrons. The van der Waals surface area contributed by atoms with E-state index >= 15 is 0 Å². The molecule has 2 heterocycles. The number of nitrogens with one attached hydrogen (secondary N) is 2. The molecule has 2 saturated heterocycles. The fourth-order valence-corrected chi connectivity index (χ4v) is 3.45. The van der Waals surface area contributed by atoms with Crippen LogP contribution in [0.15, 0.2) is 24.3 Å². The summed E-state index contributed by atoms with van der Waals surface area (Å²) in [5.74, 6) is -0.0215. The van der Waals surface area contributed by atoms with Gasteiger partial charge in [0, 0.05) is 26.2 Å². The number of benzene rings is 1. The topological polar surface area (TPSA) is 53.6 Å². The molecular formula is C19H31Cl2N3O2. The summed E-state index contributed by atoms with van der Waals surface area (Å²) in [7, 11) is 0. The zero-order valence-electron chi connectivity index (χ0n) is 15.2. The minimum atomic E-state index is -0.364. The van der Waals surface area contributed by atoms with E-state index < -0.39 is 0 Å². The van der Waals surface area contributed by atoms with Gasteiger partial charge < -0.3 is 15.4 Å². The molecule has 0 aliphatic carbocycles. The highest BCUT2D eigenvalue weighted by molar-refractivity contribution is 5.85. The van der Waals surface area contributed by atoms with Crippen molar-refractivity contribution in [1.82, 2.24) is 15.5 Å². The van der Waals surface area contributed by atoms with E-state index in [-0.39, 0.29) is 36.8 Å². The molecular weight excluding hydrogens is 373 g/mol. The number of carbonyl (C=O) groups excluding carboxylic acids is 1. The maximum Gasteiger partial charge on any atom is 0.250 e. The fraction of sp³-hybridized carbons (Fsp3) is 0.632. The van der Waals surface area contributed by atoms with Gasteiger partial charge in [-0.1, -0.05) is 37.1 Å². The van der Waals surface area contributed by atoms with Crippen LogP contribution in [0.3, 0.4) is 0 Å². The molecule has 1 aromatic carbocycles. The van der Waals surface area contributed by atoms with E-state index in [9.17, 15) is 4.79 Å². The predicted octanol–water partition coefficient (Wildman–Crippen LogP) is 2.51. The Labute approximate surface area is 169 Å². The Hall–Kier alpha value is -0.850. The van der Waals surface area contributed by atoms with E-state index in [4.69, 9.17) is 4.74 Å². The maximum absolute atomic E-state index is 12.2. The SMILES string of the molecule is Cl.Cl.O=C(NCc1ccccc1CN1CCCCCC1)C1CNCCO1. The summed E-state index contributed by atoms with van der Waals surface area (Å²) in [6.45, 7) is 5.94. The number of hydrogen-bond acceptors (Lipinski definition) is 4. The molecule has 0 spiro atoms. The average molecular weight is 404 g/mol. The van der Waals surface area contributed by atoms with Crippen LogP contribution >= 0.6 is 24.8 Å². The molecule has 0 aromatic heterocycles. The van der Waals surface area contributed by atoms with Gasteiger partial charge in [-0.2, -0.15) is 0 Å². The second-order valence-corrected chi connectivity index (χ2v) is 6.74. The highest BCUT2D eigenvalue weighted by Crippen LogP contribution is 2.16. The quantitative estimate of drug-likeness (QED) is 0.792. The Morgan fingerprint density at radius 3 is 2.46 bits per heavy atom. The summed E-state index contributed by atoms with van der Waals surface area (Å²) < 4.78 is 5.51. The number of hydrogen-bond donors (Lipinski definition) is 2. The number of nitrogens with zero attached hydrogens (tertiary/aromatic N) is 1. The molecule has 2 fully saturated rings. The average Bonchev–Trinajstić information content (AvgIpc) is 2.90. The first-order valence-corrected chi connectivity index (χ1v) is 9.22. The number of ether oxygens (including phenoxy) is 1. The summed E-state index contributed by atoms with van der Waals surface area (Å²) in [5, 5.41) is 6.23. The summed E-state index contributed by atoms with van der Waals surface area (Å²) in [6.07, 6.45) is 4.93. The molecule has 7 heteroatoms. The van der Waals surface area contributed by atoms with E-state index in [1.54, 1.807) is 0 Å². The number of morpholine rings is 1. The third-order valence-electron chi connectivity index (χ3n) is 4.88. The molecule has 5 nitrogen and oxygen atoms in total. The standard InChI is InChI=1S/C19H29N3O2.2ClH/c23-19(18-14-20-9-12-24-18)21-13-16-7-3-4-8-17(16)15-22-10-5-1-2-6-11-22;;/h3-4,7-8,18,20H,1-2,5-6,9-15H2,(H,21,23);2*1H. The molecule has 2 aliphatic heterocycles. The van der Waals surface area contributed by atoms with Crippen LogP contribution in [0.4, 0.5) is 0 Å². The predicted molar refractivity (Wildman–Crippen MR) is 109 cm³/mol. The Morgan fingerprint density at radius 2 is 1.81 bits per heavy atom. The van der Waals surface area contributed by atoms with Gasteiger partial charge in [0.05, 0.1) is 6.61 Å². The van der Waals surface area contributed by atoms with Crippen molar-refractivity contribution in [1.29, 1.82) is 0 Å². The number of carbonyl (C=O) groups is 1. The Bertz CT molecular complexity index is 531. The van der Waals surface area contributed by atoms with E-state index in [0.717, 1.165) is 13.1 Å².